The van der Waals surface area contributed by atoms with Crippen molar-refractivity contribution >= 4 is 5.78 Å². The van der Waals surface area contributed by atoms with E-state index in [1.807, 2.05) is 24.3 Å². The van der Waals surface area contributed by atoms with Crippen molar-refractivity contribution < 1.29 is 13.9 Å². The molecule has 0 bridgehead atoms. The molecule has 3 heteroatoms. The minimum Gasteiger partial charge on any atom is -0.450 e. The molecule has 0 N–H and O–H groups in total. The van der Waals surface area contributed by atoms with Gasteiger partial charge in [-0.25, -0.2) is 0 Å². The maximum absolute atomic E-state index is 11.1. The third-order valence-electron chi connectivity index (χ3n) is 2.57. The van der Waals surface area contributed by atoms with Crippen molar-refractivity contribution in [1.29, 1.82) is 0 Å². The number of ether oxygens (including phenoxy) is 1. The third kappa shape index (κ3) is 3.57. The fourth-order valence-corrected chi connectivity index (χ4v) is 1.59. The molecule has 0 saturated heterocycles. The first-order valence-electron chi connectivity index (χ1n) is 5.89. The molecule has 0 radical (unpaired) electrons. The van der Waals surface area contributed by atoms with E-state index in [1.165, 1.54) is 0 Å². The minimum atomic E-state index is 0.0507. The summed E-state index contributed by atoms with van der Waals surface area (Å²) in [5.74, 6) is 7.32. The zero-order chi connectivity index (χ0) is 13.7. The number of carbonyl (C=O) groups excluding carboxylic acids is 1. The molecule has 96 valence electrons. The first-order valence-corrected chi connectivity index (χ1v) is 5.89. The Morgan fingerprint density at radius 3 is 2.53 bits per heavy atom. The minimum absolute atomic E-state index is 0.0507. The van der Waals surface area contributed by atoms with E-state index in [1.54, 1.807) is 26.2 Å². The van der Waals surface area contributed by atoms with Crippen LogP contribution in [0.25, 0.3) is 0 Å². The molecule has 19 heavy (non-hydrogen) atoms. The highest BCUT2D eigenvalue weighted by molar-refractivity contribution is 5.94. The first kappa shape index (κ1) is 13.1. The van der Waals surface area contributed by atoms with Gasteiger partial charge in [-0.3, -0.25) is 4.79 Å². The summed E-state index contributed by atoms with van der Waals surface area (Å²) < 4.78 is 10.4. The van der Waals surface area contributed by atoms with Gasteiger partial charge < -0.3 is 9.15 Å². The molecule has 3 nitrogen and oxygen atoms in total. The predicted molar refractivity (Wildman–Crippen MR) is 71.8 cm³/mol. The Balaban J connectivity index is 2.12. The second kappa shape index (κ2) is 6.03. The number of hydrogen-bond donors (Lipinski definition) is 0. The Hall–Kier alpha value is -2.31. The van der Waals surface area contributed by atoms with Gasteiger partial charge >= 0.3 is 0 Å². The molecule has 0 aliphatic heterocycles. The molecule has 0 aliphatic rings. The van der Waals surface area contributed by atoms with Crippen molar-refractivity contribution in [2.75, 3.05) is 7.11 Å². The molecule has 0 spiro atoms. The van der Waals surface area contributed by atoms with E-state index in [9.17, 15) is 4.79 Å². The number of furan rings is 1. The van der Waals surface area contributed by atoms with Crippen molar-refractivity contribution in [3.63, 3.8) is 0 Å². The van der Waals surface area contributed by atoms with Gasteiger partial charge in [-0.05, 0) is 37.1 Å². The lowest BCUT2D eigenvalue weighted by molar-refractivity contribution is 0.101. The second-order valence-corrected chi connectivity index (χ2v) is 4.08. The normalized spacial score (nSPS) is 9.79. The number of ketones is 1. The maximum atomic E-state index is 11.1. The summed E-state index contributed by atoms with van der Waals surface area (Å²) in [5.41, 5.74) is 1.53. The van der Waals surface area contributed by atoms with Crippen LogP contribution in [0.5, 0.6) is 0 Å². The Morgan fingerprint density at radius 1 is 1.16 bits per heavy atom. The summed E-state index contributed by atoms with van der Waals surface area (Å²) in [6, 6.07) is 10.8. The van der Waals surface area contributed by atoms with Crippen LogP contribution >= 0.6 is 0 Å². The fraction of sp³-hybridized carbons (Fsp3) is 0.188. The van der Waals surface area contributed by atoms with Gasteiger partial charge in [-0.2, -0.15) is 0 Å². The lowest BCUT2D eigenvalue weighted by atomic mass is 10.1. The largest absolute Gasteiger partial charge is 0.450 e. The molecular weight excluding hydrogens is 240 g/mol. The highest BCUT2D eigenvalue weighted by atomic mass is 16.5. The molecule has 0 saturated carbocycles. The van der Waals surface area contributed by atoms with Crippen molar-refractivity contribution in [2.45, 2.75) is 13.5 Å². The highest BCUT2D eigenvalue weighted by Crippen LogP contribution is 2.08. The zero-order valence-electron chi connectivity index (χ0n) is 10.9. The van der Waals surface area contributed by atoms with Gasteiger partial charge in [-0.1, -0.05) is 18.1 Å². The van der Waals surface area contributed by atoms with Gasteiger partial charge in [0.05, 0.1) is 0 Å². The van der Waals surface area contributed by atoms with Crippen LogP contribution in [0, 0.1) is 11.8 Å². The quantitative estimate of drug-likeness (QED) is 0.624. The lowest BCUT2D eigenvalue weighted by Crippen LogP contribution is -1.90. The van der Waals surface area contributed by atoms with E-state index in [-0.39, 0.29) is 5.78 Å². The summed E-state index contributed by atoms with van der Waals surface area (Å²) in [5, 5.41) is 0. The van der Waals surface area contributed by atoms with Gasteiger partial charge in [0.1, 0.15) is 12.4 Å². The van der Waals surface area contributed by atoms with Crippen molar-refractivity contribution in [3.05, 3.63) is 59.0 Å². The smallest absolute Gasteiger partial charge is 0.177 e. The summed E-state index contributed by atoms with van der Waals surface area (Å²) in [6.45, 7) is 1.98. The van der Waals surface area contributed by atoms with Gasteiger partial charge in [0.2, 0.25) is 0 Å². The van der Waals surface area contributed by atoms with E-state index >= 15 is 0 Å². The Morgan fingerprint density at radius 2 is 1.89 bits per heavy atom. The summed E-state index contributed by atoms with van der Waals surface area (Å²) >= 11 is 0. The molecule has 1 heterocycles. The molecule has 1 aromatic heterocycles. The van der Waals surface area contributed by atoms with E-state index in [2.05, 4.69) is 11.8 Å². The number of benzene rings is 1. The van der Waals surface area contributed by atoms with Crippen LogP contribution in [-0.4, -0.2) is 12.9 Å². The topological polar surface area (TPSA) is 39.4 Å². The molecule has 2 aromatic rings. The van der Waals surface area contributed by atoms with Crippen LogP contribution in [-0.2, 0) is 11.3 Å². The number of carbonyl (C=O) groups is 1. The SMILES string of the molecule is COCc1ccc(C#Cc2ccc(C(C)=O)cc2)o1. The fourth-order valence-electron chi connectivity index (χ4n) is 1.59. The first-order chi connectivity index (χ1) is 9.19. The molecule has 2 rings (SSSR count). The van der Waals surface area contributed by atoms with Crippen LogP contribution in [0.15, 0.2) is 40.8 Å². The molecule has 0 amide bonds. The summed E-state index contributed by atoms with van der Waals surface area (Å²) in [7, 11) is 1.62. The standard InChI is InChI=1S/C16H14O3/c1-12(17)14-6-3-13(4-7-14)5-8-15-9-10-16(19-15)11-18-2/h3-4,6-7,9-10H,11H2,1-2H3. The van der Waals surface area contributed by atoms with Gasteiger partial charge in [-0.15, -0.1) is 0 Å². The van der Waals surface area contributed by atoms with Gasteiger partial charge in [0.25, 0.3) is 0 Å². The summed E-state index contributed by atoms with van der Waals surface area (Å²) in [6.07, 6.45) is 0. The predicted octanol–water partition coefficient (Wildman–Crippen LogP) is 3.03. The maximum Gasteiger partial charge on any atom is 0.177 e. The lowest BCUT2D eigenvalue weighted by Gasteiger charge is -1.94. The average molecular weight is 254 g/mol. The molecule has 0 fully saturated rings. The van der Waals surface area contributed by atoms with Crippen LogP contribution in [0.1, 0.15) is 34.4 Å². The molecule has 0 atom stereocenters. The van der Waals surface area contributed by atoms with Crippen molar-refractivity contribution in [2.24, 2.45) is 0 Å². The Bertz CT molecular complexity index is 624. The summed E-state index contributed by atoms with van der Waals surface area (Å²) in [4.78, 5) is 11.1. The average Bonchev–Trinajstić information content (AvgIpc) is 2.85. The molecule has 0 aliphatic carbocycles. The van der Waals surface area contributed by atoms with E-state index in [0.29, 0.717) is 17.9 Å². The third-order valence-corrected chi connectivity index (χ3v) is 2.57. The van der Waals surface area contributed by atoms with Crippen LogP contribution in [0.4, 0.5) is 0 Å². The van der Waals surface area contributed by atoms with E-state index < -0.39 is 0 Å². The number of methoxy groups -OCH3 is 1. The molecule has 0 unspecified atom stereocenters. The Labute approximate surface area is 112 Å². The highest BCUT2D eigenvalue weighted by Gasteiger charge is 1.99. The number of hydrogen-bond acceptors (Lipinski definition) is 3. The van der Waals surface area contributed by atoms with Gasteiger partial charge in [0, 0.05) is 18.2 Å². The van der Waals surface area contributed by atoms with Crippen molar-refractivity contribution in [1.82, 2.24) is 0 Å². The number of Topliss-reactive ketones (excluding diaryl/α,β-unsaturated/α-hetero) is 1. The van der Waals surface area contributed by atoms with E-state index in [0.717, 1.165) is 11.3 Å². The van der Waals surface area contributed by atoms with Crippen LogP contribution in [0.3, 0.4) is 0 Å². The second-order valence-electron chi connectivity index (χ2n) is 4.08. The van der Waals surface area contributed by atoms with Crippen LogP contribution in [0.2, 0.25) is 0 Å². The molecular formula is C16H14O3. The monoisotopic (exact) mass is 254 g/mol. The van der Waals surface area contributed by atoms with Gasteiger partial charge in [0.15, 0.2) is 11.5 Å². The molecule has 1 aromatic carbocycles. The van der Waals surface area contributed by atoms with E-state index in [4.69, 9.17) is 9.15 Å². The van der Waals surface area contributed by atoms with Crippen molar-refractivity contribution in [3.8, 4) is 11.8 Å². The number of rotatable bonds is 3. The zero-order valence-corrected chi connectivity index (χ0v) is 10.9. The van der Waals surface area contributed by atoms with Crippen LogP contribution < -0.4 is 0 Å². The Kier molecular flexibility index (Phi) is 4.17.